The van der Waals surface area contributed by atoms with Crippen LogP contribution in [0.5, 0.6) is 0 Å². The van der Waals surface area contributed by atoms with E-state index in [4.69, 9.17) is 4.74 Å². The number of ether oxygens (including phenoxy) is 1. The molecule has 2 amide bonds. The first-order valence-corrected chi connectivity index (χ1v) is 6.58. The zero-order chi connectivity index (χ0) is 14.8. The molecular formula is C13H24N2O4. The average molecular weight is 272 g/mol. The first kappa shape index (κ1) is 17.4. The summed E-state index contributed by atoms with van der Waals surface area (Å²) in [7, 11) is 0. The van der Waals surface area contributed by atoms with E-state index in [9.17, 15) is 14.4 Å². The van der Waals surface area contributed by atoms with Crippen LogP contribution in [-0.2, 0) is 19.1 Å². The van der Waals surface area contributed by atoms with Crippen molar-refractivity contribution >= 4 is 17.8 Å². The minimum Gasteiger partial charge on any atom is -0.466 e. The molecule has 0 aromatic carbocycles. The summed E-state index contributed by atoms with van der Waals surface area (Å²) in [5, 5.41) is 5.31. The van der Waals surface area contributed by atoms with E-state index >= 15 is 0 Å². The highest BCUT2D eigenvalue weighted by Gasteiger charge is 2.22. The lowest BCUT2D eigenvalue weighted by molar-refractivity contribution is -0.143. The third-order valence-corrected chi connectivity index (χ3v) is 2.47. The number of carbonyl (C=O) groups excluding carboxylic acids is 3. The van der Waals surface area contributed by atoms with Crippen molar-refractivity contribution < 1.29 is 19.1 Å². The number of hydrogen-bond acceptors (Lipinski definition) is 4. The third kappa shape index (κ3) is 8.18. The van der Waals surface area contributed by atoms with Crippen LogP contribution in [0.4, 0.5) is 0 Å². The predicted molar refractivity (Wildman–Crippen MR) is 71.3 cm³/mol. The summed E-state index contributed by atoms with van der Waals surface area (Å²) in [6.07, 6.45) is 0.802. The van der Waals surface area contributed by atoms with Gasteiger partial charge in [-0.15, -0.1) is 0 Å². The van der Waals surface area contributed by atoms with Gasteiger partial charge >= 0.3 is 5.97 Å². The average Bonchev–Trinajstić information content (AvgIpc) is 2.31. The Kier molecular flexibility index (Phi) is 8.57. The number of nitrogens with one attached hydrogen (secondary N) is 2. The maximum atomic E-state index is 11.8. The molecule has 0 bridgehead atoms. The maximum Gasteiger partial charge on any atom is 0.305 e. The zero-order valence-corrected chi connectivity index (χ0v) is 12.1. The Hall–Kier alpha value is -1.59. The molecule has 19 heavy (non-hydrogen) atoms. The highest BCUT2D eigenvalue weighted by atomic mass is 16.5. The molecule has 0 aromatic heterocycles. The topological polar surface area (TPSA) is 84.5 Å². The van der Waals surface area contributed by atoms with Gasteiger partial charge in [0.1, 0.15) is 6.04 Å². The van der Waals surface area contributed by atoms with Gasteiger partial charge in [0.25, 0.3) is 0 Å². The zero-order valence-electron chi connectivity index (χ0n) is 12.1. The van der Waals surface area contributed by atoms with E-state index in [2.05, 4.69) is 10.6 Å². The fourth-order valence-corrected chi connectivity index (χ4v) is 1.54. The quantitative estimate of drug-likeness (QED) is 0.501. The fraction of sp³-hybridized carbons (Fsp3) is 0.769. The van der Waals surface area contributed by atoms with Gasteiger partial charge < -0.3 is 15.4 Å². The molecule has 110 valence electrons. The first-order valence-electron chi connectivity index (χ1n) is 6.58. The molecule has 2 N–H and O–H groups in total. The smallest absolute Gasteiger partial charge is 0.305 e. The SMILES string of the molecule is CCOC(=O)CCCNC(=O)C(NC(C)=O)C(C)C. The second-order valence-corrected chi connectivity index (χ2v) is 4.62. The molecule has 0 saturated heterocycles. The Morgan fingerprint density at radius 2 is 1.84 bits per heavy atom. The van der Waals surface area contributed by atoms with Crippen LogP contribution in [0.1, 0.15) is 40.5 Å². The Morgan fingerprint density at radius 3 is 2.32 bits per heavy atom. The summed E-state index contributed by atoms with van der Waals surface area (Å²) in [4.78, 5) is 33.9. The number of hydrogen-bond donors (Lipinski definition) is 2. The molecule has 0 saturated carbocycles. The normalized spacial score (nSPS) is 11.8. The Morgan fingerprint density at radius 1 is 1.21 bits per heavy atom. The summed E-state index contributed by atoms with van der Waals surface area (Å²) in [6, 6.07) is -0.542. The van der Waals surface area contributed by atoms with Crippen molar-refractivity contribution in [3.05, 3.63) is 0 Å². The van der Waals surface area contributed by atoms with Gasteiger partial charge in [-0.1, -0.05) is 13.8 Å². The van der Waals surface area contributed by atoms with Gasteiger partial charge in [-0.3, -0.25) is 14.4 Å². The van der Waals surface area contributed by atoms with E-state index in [0.29, 0.717) is 19.6 Å². The van der Waals surface area contributed by atoms with Crippen LogP contribution in [0, 0.1) is 5.92 Å². The van der Waals surface area contributed by atoms with Gasteiger partial charge in [-0.05, 0) is 19.3 Å². The summed E-state index contributed by atoms with van der Waals surface area (Å²) in [5.74, 6) is -0.720. The summed E-state index contributed by atoms with van der Waals surface area (Å²) in [6.45, 7) is 7.60. The molecule has 0 heterocycles. The van der Waals surface area contributed by atoms with Crippen molar-refractivity contribution in [3.8, 4) is 0 Å². The van der Waals surface area contributed by atoms with E-state index in [1.165, 1.54) is 6.92 Å². The summed E-state index contributed by atoms with van der Waals surface area (Å²) in [5.41, 5.74) is 0. The summed E-state index contributed by atoms with van der Waals surface area (Å²) >= 11 is 0. The summed E-state index contributed by atoms with van der Waals surface area (Å²) < 4.78 is 4.78. The molecule has 0 spiro atoms. The van der Waals surface area contributed by atoms with Crippen LogP contribution < -0.4 is 10.6 Å². The highest BCUT2D eigenvalue weighted by Crippen LogP contribution is 2.02. The molecule has 0 aliphatic heterocycles. The highest BCUT2D eigenvalue weighted by molar-refractivity contribution is 5.87. The lowest BCUT2D eigenvalue weighted by atomic mass is 10.0. The molecule has 0 aromatic rings. The van der Waals surface area contributed by atoms with Gasteiger partial charge in [0.15, 0.2) is 0 Å². The largest absolute Gasteiger partial charge is 0.466 e. The molecule has 0 rings (SSSR count). The lowest BCUT2D eigenvalue weighted by Gasteiger charge is -2.20. The lowest BCUT2D eigenvalue weighted by Crippen LogP contribution is -2.49. The minimum atomic E-state index is -0.542. The molecule has 0 fully saturated rings. The number of carbonyl (C=O) groups is 3. The molecule has 0 aliphatic rings. The van der Waals surface area contributed by atoms with Crippen LogP contribution in [0.3, 0.4) is 0 Å². The third-order valence-electron chi connectivity index (χ3n) is 2.47. The van der Waals surface area contributed by atoms with Crippen molar-refractivity contribution in [1.29, 1.82) is 0 Å². The number of rotatable bonds is 8. The molecule has 0 radical (unpaired) electrons. The second-order valence-electron chi connectivity index (χ2n) is 4.62. The standard InChI is InChI=1S/C13H24N2O4/c1-5-19-11(17)7-6-8-14-13(18)12(9(2)3)15-10(4)16/h9,12H,5-8H2,1-4H3,(H,14,18)(H,15,16). The van der Waals surface area contributed by atoms with Crippen LogP contribution in [0.2, 0.25) is 0 Å². The van der Waals surface area contributed by atoms with Crippen molar-refractivity contribution in [2.24, 2.45) is 5.92 Å². The number of amides is 2. The first-order chi connectivity index (χ1) is 8.88. The Labute approximate surface area is 114 Å². The van der Waals surface area contributed by atoms with Crippen molar-refractivity contribution in [1.82, 2.24) is 10.6 Å². The Bertz CT molecular complexity index is 316. The van der Waals surface area contributed by atoms with E-state index in [0.717, 1.165) is 0 Å². The fourth-order valence-electron chi connectivity index (χ4n) is 1.54. The molecular weight excluding hydrogens is 248 g/mol. The van der Waals surface area contributed by atoms with Crippen molar-refractivity contribution in [2.45, 2.75) is 46.6 Å². The van der Waals surface area contributed by atoms with Crippen LogP contribution >= 0.6 is 0 Å². The van der Waals surface area contributed by atoms with Gasteiger partial charge in [0.2, 0.25) is 11.8 Å². The minimum absolute atomic E-state index is 0.00829. The van der Waals surface area contributed by atoms with E-state index in [-0.39, 0.29) is 30.1 Å². The van der Waals surface area contributed by atoms with Crippen LogP contribution in [-0.4, -0.2) is 37.0 Å². The Balaban J connectivity index is 4.00. The second kappa shape index (κ2) is 9.35. The maximum absolute atomic E-state index is 11.8. The molecule has 6 nitrogen and oxygen atoms in total. The van der Waals surface area contributed by atoms with E-state index in [1.807, 2.05) is 13.8 Å². The van der Waals surface area contributed by atoms with Crippen molar-refractivity contribution in [2.75, 3.05) is 13.2 Å². The van der Waals surface area contributed by atoms with E-state index < -0.39 is 6.04 Å². The van der Waals surface area contributed by atoms with Gasteiger partial charge in [-0.25, -0.2) is 0 Å². The number of esters is 1. The molecule has 1 atom stereocenters. The van der Waals surface area contributed by atoms with Crippen molar-refractivity contribution in [3.63, 3.8) is 0 Å². The van der Waals surface area contributed by atoms with E-state index in [1.54, 1.807) is 6.92 Å². The van der Waals surface area contributed by atoms with Gasteiger partial charge in [0.05, 0.1) is 6.61 Å². The monoisotopic (exact) mass is 272 g/mol. The van der Waals surface area contributed by atoms with Gasteiger partial charge in [-0.2, -0.15) is 0 Å². The van der Waals surface area contributed by atoms with Gasteiger partial charge in [0, 0.05) is 19.9 Å². The molecule has 0 aliphatic carbocycles. The molecule has 6 heteroatoms. The predicted octanol–water partition coefficient (Wildman–Crippen LogP) is 0.607. The van der Waals surface area contributed by atoms with Crippen LogP contribution in [0.25, 0.3) is 0 Å². The van der Waals surface area contributed by atoms with Crippen LogP contribution in [0.15, 0.2) is 0 Å². The molecule has 1 unspecified atom stereocenters.